The van der Waals surface area contributed by atoms with E-state index in [1.54, 1.807) is 7.11 Å². The number of aromatic nitrogens is 2. The number of carbonyl (C=O) groups excluding carboxylic acids is 1. The van der Waals surface area contributed by atoms with Crippen molar-refractivity contribution < 1.29 is 9.53 Å². The Balaban J connectivity index is 1.73. The third-order valence-corrected chi connectivity index (χ3v) is 5.53. The number of methoxy groups -OCH3 is 1. The monoisotopic (exact) mass is 404 g/mol. The van der Waals surface area contributed by atoms with E-state index in [0.717, 1.165) is 45.9 Å². The molecule has 1 aliphatic heterocycles. The van der Waals surface area contributed by atoms with E-state index in [4.69, 9.17) is 4.74 Å². The van der Waals surface area contributed by atoms with E-state index in [0.29, 0.717) is 13.1 Å². The van der Waals surface area contributed by atoms with Crippen molar-refractivity contribution in [1.82, 2.24) is 14.7 Å². The van der Waals surface area contributed by atoms with Crippen LogP contribution in [0.1, 0.15) is 52.4 Å². The van der Waals surface area contributed by atoms with E-state index in [9.17, 15) is 4.79 Å². The molecule has 0 aliphatic carbocycles. The average Bonchev–Trinajstić information content (AvgIpc) is 3.06. The van der Waals surface area contributed by atoms with Crippen LogP contribution in [-0.2, 0) is 6.54 Å². The third kappa shape index (κ3) is 3.65. The van der Waals surface area contributed by atoms with Gasteiger partial charge in [-0.2, -0.15) is 5.10 Å². The first-order valence-electron chi connectivity index (χ1n) is 10.4. The highest BCUT2D eigenvalue weighted by Crippen LogP contribution is 2.35. The van der Waals surface area contributed by atoms with Crippen LogP contribution in [0, 0.1) is 13.8 Å². The Bertz CT molecular complexity index is 1070. The number of hydrogen-bond acceptors (Lipinski definition) is 4. The summed E-state index contributed by atoms with van der Waals surface area (Å²) in [6.07, 6.45) is 0.665. The summed E-state index contributed by atoms with van der Waals surface area (Å²) in [7, 11) is 1.68. The molecule has 1 amide bonds. The number of benzene rings is 2. The number of anilines is 1. The summed E-state index contributed by atoms with van der Waals surface area (Å²) in [5.41, 5.74) is 5.75. The fourth-order valence-electron chi connectivity index (χ4n) is 4.12. The van der Waals surface area contributed by atoms with Gasteiger partial charge < -0.3 is 15.0 Å². The van der Waals surface area contributed by atoms with Crippen LogP contribution in [0.5, 0.6) is 5.75 Å². The van der Waals surface area contributed by atoms with E-state index in [1.165, 1.54) is 0 Å². The summed E-state index contributed by atoms with van der Waals surface area (Å²) in [6.45, 7) is 7.44. The molecule has 0 saturated heterocycles. The Morgan fingerprint density at radius 2 is 1.93 bits per heavy atom. The van der Waals surface area contributed by atoms with E-state index in [1.807, 2.05) is 52.9 Å². The number of ether oxygens (including phenoxy) is 1. The molecule has 1 atom stereocenters. The number of fused-ring (bicyclic) bond motifs is 1. The minimum absolute atomic E-state index is 0.0621. The molecule has 156 valence electrons. The Morgan fingerprint density at radius 1 is 1.13 bits per heavy atom. The Morgan fingerprint density at radius 3 is 2.63 bits per heavy atom. The maximum absolute atomic E-state index is 13.2. The van der Waals surface area contributed by atoms with Crippen molar-refractivity contribution >= 4 is 11.6 Å². The predicted molar refractivity (Wildman–Crippen MR) is 118 cm³/mol. The van der Waals surface area contributed by atoms with Crippen molar-refractivity contribution in [3.05, 3.63) is 76.6 Å². The summed E-state index contributed by atoms with van der Waals surface area (Å²) in [4.78, 5) is 15.1. The van der Waals surface area contributed by atoms with Gasteiger partial charge in [0.15, 0.2) is 0 Å². The van der Waals surface area contributed by atoms with Crippen molar-refractivity contribution in [3.63, 3.8) is 0 Å². The van der Waals surface area contributed by atoms with Gasteiger partial charge in [0.1, 0.15) is 11.9 Å². The first-order chi connectivity index (χ1) is 14.5. The highest BCUT2D eigenvalue weighted by molar-refractivity contribution is 6.01. The number of rotatable bonds is 6. The first kappa shape index (κ1) is 20.0. The summed E-state index contributed by atoms with van der Waals surface area (Å²) in [5, 5.41) is 8.15. The zero-order valence-corrected chi connectivity index (χ0v) is 18.0. The number of aryl methyl sites for hydroxylation is 2. The minimum atomic E-state index is -0.225. The minimum Gasteiger partial charge on any atom is -0.496 e. The summed E-state index contributed by atoms with van der Waals surface area (Å²) >= 11 is 0. The Labute approximate surface area is 177 Å². The molecular weight excluding hydrogens is 376 g/mol. The second kappa shape index (κ2) is 8.22. The molecule has 2 heterocycles. The Kier molecular flexibility index (Phi) is 5.48. The number of nitrogens with zero attached hydrogens (tertiary/aromatic N) is 3. The molecular formula is C24H28N4O2. The number of amides is 1. The number of para-hydroxylation sites is 1. The highest BCUT2D eigenvalue weighted by Gasteiger charge is 2.32. The lowest BCUT2D eigenvalue weighted by Crippen LogP contribution is -2.43. The van der Waals surface area contributed by atoms with Gasteiger partial charge in [-0.3, -0.25) is 9.48 Å². The highest BCUT2D eigenvalue weighted by atomic mass is 16.5. The van der Waals surface area contributed by atoms with Gasteiger partial charge in [-0.05, 0) is 56.2 Å². The first-order valence-corrected chi connectivity index (χ1v) is 10.4. The molecule has 6 heteroatoms. The molecule has 1 aromatic heterocycles. The maximum Gasteiger partial charge on any atom is 0.257 e. The zero-order chi connectivity index (χ0) is 21.3. The fourth-order valence-corrected chi connectivity index (χ4v) is 4.12. The predicted octanol–water partition coefficient (Wildman–Crippen LogP) is 4.53. The van der Waals surface area contributed by atoms with Crippen LogP contribution in [-0.4, -0.2) is 34.2 Å². The molecule has 0 bridgehead atoms. The van der Waals surface area contributed by atoms with Crippen LogP contribution >= 0.6 is 0 Å². The molecule has 3 aromatic rings. The molecule has 30 heavy (non-hydrogen) atoms. The second-order valence-corrected chi connectivity index (χ2v) is 7.75. The van der Waals surface area contributed by atoms with Crippen LogP contribution in [0.4, 0.5) is 5.69 Å². The number of carbonyl (C=O) groups is 1. The standard InChI is InChI=1S/C24H28N4O2/c1-5-12-27-23(25-21-9-7-6-8-20(21)24(27)29)18-10-11-22(30-4)19(14-18)15-28-17(3)13-16(2)26-28/h6-11,13-14,23,25H,5,12,15H2,1-4H3. The van der Waals surface area contributed by atoms with Gasteiger partial charge in [-0.15, -0.1) is 0 Å². The molecule has 2 aromatic carbocycles. The van der Waals surface area contributed by atoms with E-state index < -0.39 is 0 Å². The topological polar surface area (TPSA) is 59.4 Å². The lowest BCUT2D eigenvalue weighted by molar-refractivity contribution is 0.0683. The average molecular weight is 405 g/mol. The van der Waals surface area contributed by atoms with Gasteiger partial charge in [0.05, 0.1) is 24.9 Å². The third-order valence-electron chi connectivity index (χ3n) is 5.53. The van der Waals surface area contributed by atoms with Gasteiger partial charge in [-0.25, -0.2) is 0 Å². The molecule has 1 unspecified atom stereocenters. The quantitative estimate of drug-likeness (QED) is 0.656. The molecule has 0 spiro atoms. The van der Waals surface area contributed by atoms with Crippen molar-refractivity contribution in [2.45, 2.75) is 39.9 Å². The maximum atomic E-state index is 13.2. The van der Waals surface area contributed by atoms with Gasteiger partial charge in [0, 0.05) is 23.5 Å². The van der Waals surface area contributed by atoms with Crippen LogP contribution in [0.3, 0.4) is 0 Å². The van der Waals surface area contributed by atoms with Crippen LogP contribution in [0.2, 0.25) is 0 Å². The van der Waals surface area contributed by atoms with E-state index in [2.05, 4.69) is 36.4 Å². The van der Waals surface area contributed by atoms with Crippen molar-refractivity contribution in [3.8, 4) is 5.75 Å². The molecule has 1 aliphatic rings. The molecule has 1 N–H and O–H groups in total. The molecule has 4 rings (SSSR count). The smallest absolute Gasteiger partial charge is 0.257 e. The molecule has 0 fully saturated rings. The van der Waals surface area contributed by atoms with Crippen LogP contribution in [0.15, 0.2) is 48.5 Å². The summed E-state index contributed by atoms with van der Waals surface area (Å²) in [6, 6.07) is 15.9. The normalized spacial score (nSPS) is 15.7. The van der Waals surface area contributed by atoms with E-state index in [-0.39, 0.29) is 12.1 Å². The lowest BCUT2D eigenvalue weighted by Gasteiger charge is -2.38. The SMILES string of the molecule is CCCN1C(=O)c2ccccc2NC1c1ccc(OC)c(Cn2nc(C)cc2C)c1. The zero-order valence-electron chi connectivity index (χ0n) is 18.0. The van der Waals surface area contributed by atoms with Crippen molar-refractivity contribution in [2.75, 3.05) is 19.0 Å². The summed E-state index contributed by atoms with van der Waals surface area (Å²) < 4.78 is 7.60. The van der Waals surface area contributed by atoms with Gasteiger partial charge in [0.2, 0.25) is 0 Å². The Hall–Kier alpha value is -3.28. The number of nitrogens with one attached hydrogen (secondary N) is 1. The van der Waals surface area contributed by atoms with Gasteiger partial charge in [0.25, 0.3) is 5.91 Å². The van der Waals surface area contributed by atoms with Crippen LogP contribution in [0.25, 0.3) is 0 Å². The molecule has 0 radical (unpaired) electrons. The van der Waals surface area contributed by atoms with E-state index >= 15 is 0 Å². The van der Waals surface area contributed by atoms with Crippen molar-refractivity contribution in [1.29, 1.82) is 0 Å². The van der Waals surface area contributed by atoms with Gasteiger partial charge in [-0.1, -0.05) is 25.1 Å². The molecule has 0 saturated carbocycles. The van der Waals surface area contributed by atoms with Gasteiger partial charge >= 0.3 is 0 Å². The summed E-state index contributed by atoms with van der Waals surface area (Å²) in [5.74, 6) is 0.878. The largest absolute Gasteiger partial charge is 0.496 e. The fraction of sp³-hybridized carbons (Fsp3) is 0.333. The van der Waals surface area contributed by atoms with Crippen LogP contribution < -0.4 is 10.1 Å². The second-order valence-electron chi connectivity index (χ2n) is 7.75. The number of hydrogen-bond donors (Lipinski definition) is 1. The van der Waals surface area contributed by atoms with Crippen molar-refractivity contribution in [2.24, 2.45) is 0 Å². The lowest BCUT2D eigenvalue weighted by atomic mass is 10.0. The molecule has 6 nitrogen and oxygen atoms in total.